The van der Waals surface area contributed by atoms with Crippen LogP contribution in [0.4, 0.5) is 0 Å². The van der Waals surface area contributed by atoms with Gasteiger partial charge in [-0.2, -0.15) is 0 Å². The molecule has 1 aromatic carbocycles. The SMILES string of the molecule is O=C(NC1(c2ccc(Cl)cc2)CC1)C1C[C@H]2CC[C@@H](C1)C2=O. The number of benzene rings is 1. The molecule has 0 aliphatic heterocycles. The normalized spacial score (nSPS) is 31.9. The molecule has 0 spiro atoms. The van der Waals surface area contributed by atoms with Crippen LogP contribution >= 0.6 is 11.6 Å². The third kappa shape index (κ3) is 2.36. The molecule has 1 amide bonds. The number of hydrogen-bond acceptors (Lipinski definition) is 2. The highest BCUT2D eigenvalue weighted by molar-refractivity contribution is 6.30. The van der Waals surface area contributed by atoms with Crippen molar-refractivity contribution in [2.75, 3.05) is 0 Å². The fourth-order valence-corrected chi connectivity index (χ4v) is 4.33. The van der Waals surface area contributed by atoms with Gasteiger partial charge in [0.15, 0.2) is 0 Å². The van der Waals surface area contributed by atoms with Crippen LogP contribution in [0, 0.1) is 17.8 Å². The highest BCUT2D eigenvalue weighted by atomic mass is 35.5. The van der Waals surface area contributed by atoms with Gasteiger partial charge in [-0.3, -0.25) is 9.59 Å². The number of halogens is 1. The first-order valence-electron chi connectivity index (χ1n) is 8.19. The number of fused-ring (bicyclic) bond motifs is 2. The number of nitrogens with one attached hydrogen (secondary N) is 1. The zero-order valence-electron chi connectivity index (χ0n) is 12.5. The third-order valence-electron chi connectivity index (χ3n) is 5.69. The van der Waals surface area contributed by atoms with Crippen LogP contribution in [-0.4, -0.2) is 11.7 Å². The highest BCUT2D eigenvalue weighted by Crippen LogP contribution is 2.47. The van der Waals surface area contributed by atoms with E-state index >= 15 is 0 Å². The Balaban J connectivity index is 1.46. The molecule has 0 saturated heterocycles. The lowest BCUT2D eigenvalue weighted by Crippen LogP contribution is -2.42. The van der Waals surface area contributed by atoms with Gasteiger partial charge in [-0.05, 0) is 56.2 Å². The molecule has 3 saturated carbocycles. The van der Waals surface area contributed by atoms with E-state index in [2.05, 4.69) is 5.32 Å². The highest BCUT2D eigenvalue weighted by Gasteiger charge is 2.49. The molecule has 1 aromatic rings. The fourth-order valence-electron chi connectivity index (χ4n) is 4.20. The Morgan fingerprint density at radius 2 is 1.68 bits per heavy atom. The van der Waals surface area contributed by atoms with Crippen LogP contribution in [0.5, 0.6) is 0 Å². The van der Waals surface area contributed by atoms with Gasteiger partial charge in [0.05, 0.1) is 5.54 Å². The topological polar surface area (TPSA) is 46.2 Å². The Bertz CT molecular complexity index is 604. The van der Waals surface area contributed by atoms with Crippen LogP contribution in [-0.2, 0) is 15.1 Å². The number of carbonyl (C=O) groups is 2. The fraction of sp³-hybridized carbons (Fsp3) is 0.556. The quantitative estimate of drug-likeness (QED) is 0.928. The molecule has 1 N–H and O–H groups in total. The minimum atomic E-state index is -0.192. The van der Waals surface area contributed by atoms with E-state index in [0.717, 1.165) is 44.1 Å². The van der Waals surface area contributed by atoms with E-state index < -0.39 is 0 Å². The predicted octanol–water partition coefficient (Wildman–Crippen LogP) is 3.45. The molecule has 3 atom stereocenters. The van der Waals surface area contributed by atoms with Crippen LogP contribution in [0.15, 0.2) is 24.3 Å². The lowest BCUT2D eigenvalue weighted by Gasteiger charge is -2.28. The van der Waals surface area contributed by atoms with E-state index in [1.807, 2.05) is 24.3 Å². The van der Waals surface area contributed by atoms with Crippen molar-refractivity contribution in [2.24, 2.45) is 17.8 Å². The van der Waals surface area contributed by atoms with Gasteiger partial charge in [0.25, 0.3) is 0 Å². The van der Waals surface area contributed by atoms with Crippen LogP contribution in [0.25, 0.3) is 0 Å². The van der Waals surface area contributed by atoms with Gasteiger partial charge >= 0.3 is 0 Å². The second-order valence-electron chi connectivity index (χ2n) is 7.12. The summed E-state index contributed by atoms with van der Waals surface area (Å²) in [5.41, 5.74) is 0.947. The lowest BCUT2D eigenvalue weighted by molar-refractivity contribution is -0.132. The second-order valence-corrected chi connectivity index (χ2v) is 7.56. The van der Waals surface area contributed by atoms with E-state index in [9.17, 15) is 9.59 Å². The largest absolute Gasteiger partial charge is 0.346 e. The molecule has 4 heteroatoms. The summed E-state index contributed by atoms with van der Waals surface area (Å²) in [7, 11) is 0. The minimum Gasteiger partial charge on any atom is -0.346 e. The van der Waals surface area contributed by atoms with Crippen molar-refractivity contribution >= 4 is 23.3 Å². The van der Waals surface area contributed by atoms with E-state index in [-0.39, 0.29) is 29.2 Å². The monoisotopic (exact) mass is 317 g/mol. The van der Waals surface area contributed by atoms with Crippen molar-refractivity contribution in [3.05, 3.63) is 34.9 Å². The molecule has 1 unspecified atom stereocenters. The molecule has 3 fully saturated rings. The summed E-state index contributed by atoms with van der Waals surface area (Å²) in [4.78, 5) is 24.6. The molecular formula is C18H20ClNO2. The maximum absolute atomic E-state index is 12.7. The number of Topliss-reactive ketones (excluding diaryl/α,β-unsaturated/α-hetero) is 1. The van der Waals surface area contributed by atoms with Crippen molar-refractivity contribution in [3.8, 4) is 0 Å². The first-order chi connectivity index (χ1) is 10.6. The van der Waals surface area contributed by atoms with Gasteiger partial charge in [0.2, 0.25) is 5.91 Å². The molecule has 116 valence electrons. The van der Waals surface area contributed by atoms with Gasteiger partial charge in [-0.1, -0.05) is 23.7 Å². The predicted molar refractivity (Wildman–Crippen MR) is 84.5 cm³/mol. The second kappa shape index (κ2) is 5.09. The number of amides is 1. The van der Waals surface area contributed by atoms with Gasteiger partial charge in [-0.15, -0.1) is 0 Å². The molecule has 0 heterocycles. The molecule has 3 aliphatic rings. The number of hydrogen-bond donors (Lipinski definition) is 1. The van der Waals surface area contributed by atoms with Gasteiger partial charge in [0, 0.05) is 22.8 Å². The standard InChI is InChI=1S/C18H20ClNO2/c19-15-5-3-14(4-6-15)18(7-8-18)20-17(22)13-9-11-1-2-12(10-13)16(11)21/h3-6,11-13H,1-2,7-10H2,(H,20,22)/t11-,12+,13?. The summed E-state index contributed by atoms with van der Waals surface area (Å²) in [5, 5.41) is 3.98. The number of carbonyl (C=O) groups excluding carboxylic acids is 2. The zero-order valence-corrected chi connectivity index (χ0v) is 13.2. The van der Waals surface area contributed by atoms with Crippen molar-refractivity contribution in [1.29, 1.82) is 0 Å². The molecule has 0 aromatic heterocycles. The Hall–Kier alpha value is -1.35. The first kappa shape index (κ1) is 14.3. The van der Waals surface area contributed by atoms with Gasteiger partial charge in [0.1, 0.15) is 5.78 Å². The molecular weight excluding hydrogens is 298 g/mol. The van der Waals surface area contributed by atoms with Gasteiger partial charge in [-0.25, -0.2) is 0 Å². The Morgan fingerprint density at radius 3 is 2.23 bits per heavy atom. The van der Waals surface area contributed by atoms with E-state index in [4.69, 9.17) is 11.6 Å². The summed E-state index contributed by atoms with van der Waals surface area (Å²) in [6.07, 6.45) is 5.43. The minimum absolute atomic E-state index is 0.0139. The average Bonchev–Trinajstić information content (AvgIpc) is 3.25. The Labute approximate surface area is 135 Å². The smallest absolute Gasteiger partial charge is 0.223 e. The van der Waals surface area contributed by atoms with E-state index in [0.29, 0.717) is 10.8 Å². The zero-order chi connectivity index (χ0) is 15.3. The molecule has 22 heavy (non-hydrogen) atoms. The summed E-state index contributed by atoms with van der Waals surface area (Å²) in [6.45, 7) is 0. The van der Waals surface area contributed by atoms with Gasteiger partial charge < -0.3 is 5.32 Å². The molecule has 3 aliphatic carbocycles. The summed E-state index contributed by atoms with van der Waals surface area (Å²) >= 11 is 5.94. The molecule has 3 nitrogen and oxygen atoms in total. The summed E-state index contributed by atoms with van der Waals surface area (Å²) in [5.74, 6) is 0.833. The Kier molecular flexibility index (Phi) is 3.30. The summed E-state index contributed by atoms with van der Waals surface area (Å²) < 4.78 is 0. The van der Waals surface area contributed by atoms with Crippen LogP contribution in [0.3, 0.4) is 0 Å². The number of rotatable bonds is 3. The van der Waals surface area contributed by atoms with Crippen molar-refractivity contribution < 1.29 is 9.59 Å². The maximum atomic E-state index is 12.7. The van der Waals surface area contributed by atoms with E-state index in [1.54, 1.807) is 0 Å². The average molecular weight is 318 g/mol. The molecule has 2 bridgehead atoms. The van der Waals surface area contributed by atoms with Crippen molar-refractivity contribution in [1.82, 2.24) is 5.32 Å². The maximum Gasteiger partial charge on any atom is 0.223 e. The van der Waals surface area contributed by atoms with Crippen molar-refractivity contribution in [2.45, 2.75) is 44.1 Å². The third-order valence-corrected chi connectivity index (χ3v) is 5.94. The lowest BCUT2D eigenvalue weighted by atomic mass is 9.79. The van der Waals surface area contributed by atoms with E-state index in [1.165, 1.54) is 0 Å². The first-order valence-corrected chi connectivity index (χ1v) is 8.57. The Morgan fingerprint density at radius 1 is 1.09 bits per heavy atom. The number of ketones is 1. The van der Waals surface area contributed by atoms with Crippen LogP contribution in [0.1, 0.15) is 44.1 Å². The molecule has 0 radical (unpaired) electrons. The van der Waals surface area contributed by atoms with Crippen LogP contribution in [0.2, 0.25) is 5.02 Å². The van der Waals surface area contributed by atoms with Crippen LogP contribution < -0.4 is 5.32 Å². The van der Waals surface area contributed by atoms with Crippen molar-refractivity contribution in [3.63, 3.8) is 0 Å². The molecule has 4 rings (SSSR count). The summed E-state index contributed by atoms with van der Waals surface area (Å²) in [6, 6.07) is 7.76.